The van der Waals surface area contributed by atoms with E-state index in [1.54, 1.807) is 24.3 Å². The molecule has 116 valence electrons. The number of carboxylic acid groups (broad SMARTS) is 1. The van der Waals surface area contributed by atoms with Gasteiger partial charge in [-0.2, -0.15) is 0 Å². The first-order valence-corrected chi connectivity index (χ1v) is 6.51. The summed E-state index contributed by atoms with van der Waals surface area (Å²) in [7, 11) is 0. The molecule has 0 spiro atoms. The van der Waals surface area contributed by atoms with Crippen LogP contribution in [0.4, 0.5) is 5.69 Å². The van der Waals surface area contributed by atoms with Crippen molar-refractivity contribution in [1.82, 2.24) is 0 Å². The third-order valence-corrected chi connectivity index (χ3v) is 2.81. The van der Waals surface area contributed by atoms with Crippen molar-refractivity contribution in [3.8, 4) is 0 Å². The van der Waals surface area contributed by atoms with Crippen LogP contribution in [0, 0.1) is 0 Å². The summed E-state index contributed by atoms with van der Waals surface area (Å²) in [5, 5.41) is 11.5. The van der Waals surface area contributed by atoms with Gasteiger partial charge in [-0.25, -0.2) is 9.59 Å². The van der Waals surface area contributed by atoms with Crippen molar-refractivity contribution in [2.45, 2.75) is 26.1 Å². The van der Waals surface area contributed by atoms with Crippen LogP contribution < -0.4 is 5.32 Å². The number of hydrogen-bond acceptors (Lipinski definition) is 6. The minimum atomic E-state index is -1.27. The number of carbonyl (C=O) groups is 3. The zero-order chi connectivity index (χ0) is 16.3. The van der Waals surface area contributed by atoms with Gasteiger partial charge in [-0.05, 0) is 17.7 Å². The lowest BCUT2D eigenvalue weighted by Crippen LogP contribution is -2.42. The van der Waals surface area contributed by atoms with Gasteiger partial charge in [-0.1, -0.05) is 12.1 Å². The lowest BCUT2D eigenvalue weighted by atomic mass is 10.1. The van der Waals surface area contributed by atoms with Crippen LogP contribution in [0.5, 0.6) is 0 Å². The maximum Gasteiger partial charge on any atom is 0.350 e. The molecule has 0 saturated carbocycles. The number of nitrogens with one attached hydrogen (secondary N) is 1. The van der Waals surface area contributed by atoms with E-state index in [2.05, 4.69) is 5.32 Å². The van der Waals surface area contributed by atoms with E-state index in [9.17, 15) is 14.4 Å². The van der Waals surface area contributed by atoms with Crippen molar-refractivity contribution in [3.05, 3.63) is 41.6 Å². The van der Waals surface area contributed by atoms with Gasteiger partial charge in [-0.3, -0.25) is 4.79 Å². The quantitative estimate of drug-likeness (QED) is 0.493. The molecule has 7 nitrogen and oxygen atoms in total. The minimum Gasteiger partial charge on any atom is -0.481 e. The summed E-state index contributed by atoms with van der Waals surface area (Å²) < 4.78 is 9.90. The standard InChI is InChI=1S/C15H15NO6/c1-15(2)21-13(19)11(14(20)22-15)8-16-10-5-3-9(4-6-10)7-12(17)18/h3-6,8,16H,7H2,1-2H3,(H,17,18). The predicted octanol–water partition coefficient (Wildman–Crippen LogP) is 1.45. The second kappa shape index (κ2) is 5.88. The average molecular weight is 305 g/mol. The predicted molar refractivity (Wildman–Crippen MR) is 75.8 cm³/mol. The number of ether oxygens (including phenoxy) is 2. The molecule has 0 aliphatic carbocycles. The smallest absolute Gasteiger partial charge is 0.350 e. The number of carboxylic acids is 1. The molecule has 22 heavy (non-hydrogen) atoms. The Morgan fingerprint density at radius 3 is 2.23 bits per heavy atom. The minimum absolute atomic E-state index is 0.0743. The molecule has 0 radical (unpaired) electrons. The fourth-order valence-electron chi connectivity index (χ4n) is 1.83. The Balaban J connectivity index is 2.06. The van der Waals surface area contributed by atoms with Gasteiger partial charge < -0.3 is 19.9 Å². The van der Waals surface area contributed by atoms with Crippen LogP contribution in [0.3, 0.4) is 0 Å². The molecule has 1 saturated heterocycles. The van der Waals surface area contributed by atoms with Gasteiger partial charge in [0.2, 0.25) is 0 Å². The Morgan fingerprint density at radius 1 is 1.18 bits per heavy atom. The molecule has 2 rings (SSSR count). The van der Waals surface area contributed by atoms with Gasteiger partial charge in [0.05, 0.1) is 6.42 Å². The van der Waals surface area contributed by atoms with E-state index in [0.717, 1.165) is 0 Å². The third-order valence-electron chi connectivity index (χ3n) is 2.81. The summed E-state index contributed by atoms with van der Waals surface area (Å²) in [5.74, 6) is -3.73. The molecule has 0 bridgehead atoms. The van der Waals surface area contributed by atoms with Gasteiger partial charge in [0.1, 0.15) is 0 Å². The van der Waals surface area contributed by atoms with Crippen LogP contribution in [-0.4, -0.2) is 28.8 Å². The number of anilines is 1. The molecule has 1 aromatic rings. The number of esters is 2. The molecule has 1 aliphatic rings. The van der Waals surface area contributed by atoms with Crippen molar-refractivity contribution < 1.29 is 29.0 Å². The topological polar surface area (TPSA) is 102 Å². The zero-order valence-corrected chi connectivity index (χ0v) is 12.1. The number of carbonyl (C=O) groups excluding carboxylic acids is 2. The third kappa shape index (κ3) is 3.85. The second-order valence-electron chi connectivity index (χ2n) is 5.15. The van der Waals surface area contributed by atoms with Crippen LogP contribution in [0.1, 0.15) is 19.4 Å². The van der Waals surface area contributed by atoms with Gasteiger partial charge in [-0.15, -0.1) is 0 Å². The highest BCUT2D eigenvalue weighted by Crippen LogP contribution is 2.22. The summed E-state index contributed by atoms with van der Waals surface area (Å²) in [4.78, 5) is 34.0. The van der Waals surface area contributed by atoms with E-state index in [1.165, 1.54) is 20.0 Å². The molecule has 1 fully saturated rings. The largest absolute Gasteiger partial charge is 0.481 e. The van der Waals surface area contributed by atoms with E-state index in [0.29, 0.717) is 11.3 Å². The van der Waals surface area contributed by atoms with E-state index in [4.69, 9.17) is 14.6 Å². The van der Waals surface area contributed by atoms with Crippen molar-refractivity contribution in [2.24, 2.45) is 0 Å². The van der Waals surface area contributed by atoms with Gasteiger partial charge in [0.15, 0.2) is 5.57 Å². The second-order valence-corrected chi connectivity index (χ2v) is 5.15. The van der Waals surface area contributed by atoms with E-state index >= 15 is 0 Å². The summed E-state index contributed by atoms with van der Waals surface area (Å²) in [5.41, 5.74) is 0.991. The fraction of sp³-hybridized carbons (Fsp3) is 0.267. The molecular weight excluding hydrogens is 290 g/mol. The Labute approximate surface area is 126 Å². The van der Waals surface area contributed by atoms with E-state index in [1.807, 2.05) is 0 Å². The number of cyclic esters (lactones) is 2. The average Bonchev–Trinajstić information content (AvgIpc) is 2.37. The number of hydrogen-bond donors (Lipinski definition) is 2. The van der Waals surface area contributed by atoms with Gasteiger partial charge >= 0.3 is 17.9 Å². The maximum atomic E-state index is 11.7. The van der Waals surface area contributed by atoms with Crippen molar-refractivity contribution >= 4 is 23.6 Å². The van der Waals surface area contributed by atoms with Crippen LogP contribution in [0.25, 0.3) is 0 Å². The molecule has 7 heteroatoms. The lowest BCUT2D eigenvalue weighted by molar-refractivity contribution is -0.222. The molecule has 1 aromatic carbocycles. The molecule has 0 aromatic heterocycles. The fourth-order valence-corrected chi connectivity index (χ4v) is 1.83. The SMILES string of the molecule is CC1(C)OC(=O)C(=CNc2ccc(CC(=O)O)cc2)C(=O)O1. The Hall–Kier alpha value is -2.83. The first kappa shape index (κ1) is 15.6. The highest BCUT2D eigenvalue weighted by Gasteiger charge is 2.38. The van der Waals surface area contributed by atoms with Crippen molar-refractivity contribution in [3.63, 3.8) is 0 Å². The zero-order valence-electron chi connectivity index (χ0n) is 12.1. The normalized spacial score (nSPS) is 16.5. The summed E-state index contributed by atoms with van der Waals surface area (Å²) >= 11 is 0. The molecule has 0 unspecified atom stereocenters. The summed E-state index contributed by atoms with van der Waals surface area (Å²) in [6, 6.07) is 6.54. The molecule has 1 aliphatic heterocycles. The van der Waals surface area contributed by atoms with Crippen LogP contribution in [-0.2, 0) is 30.3 Å². The van der Waals surface area contributed by atoms with Crippen LogP contribution >= 0.6 is 0 Å². The summed E-state index contributed by atoms with van der Waals surface area (Å²) in [6.45, 7) is 2.93. The maximum absolute atomic E-state index is 11.7. The number of rotatable bonds is 4. The van der Waals surface area contributed by atoms with Crippen LogP contribution in [0.15, 0.2) is 36.0 Å². The molecule has 0 amide bonds. The number of benzene rings is 1. The Morgan fingerprint density at radius 2 is 1.73 bits per heavy atom. The molecular formula is C15H15NO6. The van der Waals surface area contributed by atoms with Gasteiger partial charge in [0.25, 0.3) is 5.79 Å². The number of aliphatic carboxylic acids is 1. The summed E-state index contributed by atoms with van der Waals surface area (Å²) in [6.07, 6.45) is 1.13. The molecule has 1 heterocycles. The van der Waals surface area contributed by atoms with Crippen molar-refractivity contribution in [2.75, 3.05) is 5.32 Å². The first-order chi connectivity index (χ1) is 10.3. The van der Waals surface area contributed by atoms with E-state index in [-0.39, 0.29) is 12.0 Å². The van der Waals surface area contributed by atoms with Gasteiger partial charge in [0, 0.05) is 25.7 Å². The highest BCUT2D eigenvalue weighted by atomic mass is 16.7. The first-order valence-electron chi connectivity index (χ1n) is 6.51. The molecule has 2 N–H and O–H groups in total. The van der Waals surface area contributed by atoms with Crippen molar-refractivity contribution in [1.29, 1.82) is 0 Å². The Kier molecular flexibility index (Phi) is 4.16. The lowest BCUT2D eigenvalue weighted by Gasteiger charge is -2.29. The highest BCUT2D eigenvalue weighted by molar-refractivity contribution is 6.15. The van der Waals surface area contributed by atoms with Crippen LogP contribution in [0.2, 0.25) is 0 Å². The molecule has 0 atom stereocenters. The Bertz CT molecular complexity index is 623. The monoisotopic (exact) mass is 305 g/mol. The van der Waals surface area contributed by atoms with E-state index < -0.39 is 23.7 Å².